The highest BCUT2D eigenvalue weighted by Crippen LogP contribution is 2.31. The van der Waals surface area contributed by atoms with Gasteiger partial charge in [0, 0.05) is 42.1 Å². The zero-order valence-corrected chi connectivity index (χ0v) is 21.7. The predicted octanol–water partition coefficient (Wildman–Crippen LogP) is 6.17. The lowest BCUT2D eigenvalue weighted by molar-refractivity contribution is 0.102. The van der Waals surface area contributed by atoms with E-state index in [2.05, 4.69) is 38.2 Å². The van der Waals surface area contributed by atoms with Gasteiger partial charge in [0.1, 0.15) is 0 Å². The summed E-state index contributed by atoms with van der Waals surface area (Å²) >= 11 is 0. The van der Waals surface area contributed by atoms with Crippen LogP contribution in [0.25, 0.3) is 16.7 Å². The minimum Gasteiger partial charge on any atom is -0.493 e. The Balaban J connectivity index is 1.36. The summed E-state index contributed by atoms with van der Waals surface area (Å²) in [4.78, 5) is 21.4. The summed E-state index contributed by atoms with van der Waals surface area (Å²) in [5.41, 5.74) is 6.88. The summed E-state index contributed by atoms with van der Waals surface area (Å²) in [6.45, 7) is 3.98. The molecule has 0 aliphatic heterocycles. The van der Waals surface area contributed by atoms with E-state index in [0.29, 0.717) is 17.1 Å². The van der Waals surface area contributed by atoms with Crippen LogP contribution in [-0.2, 0) is 0 Å². The van der Waals surface area contributed by atoms with E-state index in [1.54, 1.807) is 26.6 Å². The molecule has 2 N–H and O–H groups in total. The van der Waals surface area contributed by atoms with Crippen LogP contribution in [0.4, 0.5) is 11.4 Å². The lowest BCUT2D eigenvalue weighted by Crippen LogP contribution is -2.13. The molecule has 0 aliphatic rings. The molecule has 5 rings (SSSR count). The zero-order chi connectivity index (χ0) is 26.6. The molecule has 8 heteroatoms. The van der Waals surface area contributed by atoms with Gasteiger partial charge in [-0.05, 0) is 67.4 Å². The number of nitrogens with zero attached hydrogens (tertiary/aromatic N) is 3. The number of amides is 1. The topological polar surface area (TPSA) is 90.3 Å². The van der Waals surface area contributed by atoms with Gasteiger partial charge in [0.25, 0.3) is 5.91 Å². The number of pyridine rings is 2. The minimum absolute atomic E-state index is 0.0313. The molecule has 0 fully saturated rings. The number of carbonyl (C=O) groups excluding carboxylic acids is 1. The summed E-state index contributed by atoms with van der Waals surface area (Å²) < 4.78 is 12.9. The molecule has 2 aromatic carbocycles. The van der Waals surface area contributed by atoms with Crippen LogP contribution in [0.1, 0.15) is 34.5 Å². The molecule has 0 spiro atoms. The van der Waals surface area contributed by atoms with Gasteiger partial charge in [-0.25, -0.2) is 0 Å². The number of hydrogen-bond acceptors (Lipinski definition) is 6. The highest BCUT2D eigenvalue weighted by molar-refractivity contribution is 6.04. The Labute approximate surface area is 221 Å². The Kier molecular flexibility index (Phi) is 6.95. The standard InChI is InChI=1S/C30H29N5O3/c1-19-12-22(17-31-16-19)30(36)34-23-7-5-6-21(13-23)20(2)33-24-14-27-26(32-18-24)10-11-35(27)25-8-9-28(37-3)29(15-25)38-4/h5-18,20,33H,1-4H3,(H,34,36). The molecule has 0 saturated carbocycles. The average Bonchev–Trinajstić information content (AvgIpc) is 3.36. The van der Waals surface area contributed by atoms with Crippen molar-refractivity contribution in [1.82, 2.24) is 14.5 Å². The molecule has 192 valence electrons. The molecule has 1 amide bonds. The van der Waals surface area contributed by atoms with Crippen LogP contribution in [0.2, 0.25) is 0 Å². The number of nitrogens with one attached hydrogen (secondary N) is 2. The van der Waals surface area contributed by atoms with Gasteiger partial charge in [-0.3, -0.25) is 14.8 Å². The number of rotatable bonds is 8. The molecule has 0 bridgehead atoms. The number of fused-ring (bicyclic) bond motifs is 1. The fourth-order valence-electron chi connectivity index (χ4n) is 4.39. The number of carbonyl (C=O) groups is 1. The van der Waals surface area contributed by atoms with Crippen LogP contribution < -0.4 is 20.1 Å². The molecule has 1 unspecified atom stereocenters. The first kappa shape index (κ1) is 24.8. The van der Waals surface area contributed by atoms with Gasteiger partial charge >= 0.3 is 0 Å². The van der Waals surface area contributed by atoms with E-state index in [1.165, 1.54) is 0 Å². The van der Waals surface area contributed by atoms with Gasteiger partial charge in [0.2, 0.25) is 0 Å². The Morgan fingerprint density at radius 2 is 1.76 bits per heavy atom. The van der Waals surface area contributed by atoms with Crippen molar-refractivity contribution < 1.29 is 14.3 Å². The fourth-order valence-corrected chi connectivity index (χ4v) is 4.39. The van der Waals surface area contributed by atoms with E-state index < -0.39 is 0 Å². The first-order valence-corrected chi connectivity index (χ1v) is 12.2. The third kappa shape index (κ3) is 5.15. The zero-order valence-electron chi connectivity index (χ0n) is 21.7. The second kappa shape index (κ2) is 10.6. The van der Waals surface area contributed by atoms with Crippen LogP contribution in [0, 0.1) is 6.92 Å². The summed E-state index contributed by atoms with van der Waals surface area (Å²) in [6, 6.07) is 19.5. The normalized spacial score (nSPS) is 11.7. The maximum atomic E-state index is 12.7. The van der Waals surface area contributed by atoms with Crippen LogP contribution >= 0.6 is 0 Å². The molecule has 0 aliphatic carbocycles. The van der Waals surface area contributed by atoms with Crippen LogP contribution in [0.15, 0.2) is 85.5 Å². The first-order valence-electron chi connectivity index (χ1n) is 12.2. The highest BCUT2D eigenvalue weighted by Gasteiger charge is 2.13. The van der Waals surface area contributed by atoms with Crippen LogP contribution in [0.3, 0.4) is 0 Å². The second-order valence-corrected chi connectivity index (χ2v) is 9.05. The minimum atomic E-state index is -0.190. The van der Waals surface area contributed by atoms with E-state index in [1.807, 2.05) is 73.9 Å². The molecular formula is C30H29N5O3. The number of ether oxygens (including phenoxy) is 2. The van der Waals surface area contributed by atoms with E-state index >= 15 is 0 Å². The van der Waals surface area contributed by atoms with Crippen molar-refractivity contribution in [3.05, 3.63) is 102 Å². The van der Waals surface area contributed by atoms with Crippen LogP contribution in [-0.4, -0.2) is 34.7 Å². The van der Waals surface area contributed by atoms with Gasteiger partial charge in [-0.2, -0.15) is 0 Å². The van der Waals surface area contributed by atoms with Crippen molar-refractivity contribution in [1.29, 1.82) is 0 Å². The molecule has 3 heterocycles. The van der Waals surface area contributed by atoms with Crippen molar-refractivity contribution >= 4 is 28.3 Å². The molecule has 5 aromatic rings. The summed E-state index contributed by atoms with van der Waals surface area (Å²) in [7, 11) is 3.25. The van der Waals surface area contributed by atoms with E-state index in [-0.39, 0.29) is 11.9 Å². The van der Waals surface area contributed by atoms with Crippen molar-refractivity contribution in [2.75, 3.05) is 24.9 Å². The summed E-state index contributed by atoms with van der Waals surface area (Å²) in [6.07, 6.45) is 7.11. The molecule has 0 saturated heterocycles. The van der Waals surface area contributed by atoms with Gasteiger partial charge in [-0.15, -0.1) is 0 Å². The van der Waals surface area contributed by atoms with E-state index in [0.717, 1.165) is 39.2 Å². The van der Waals surface area contributed by atoms with E-state index in [4.69, 9.17) is 9.47 Å². The number of aromatic nitrogens is 3. The van der Waals surface area contributed by atoms with Gasteiger partial charge in [-0.1, -0.05) is 12.1 Å². The number of aryl methyl sites for hydroxylation is 1. The molecule has 38 heavy (non-hydrogen) atoms. The number of anilines is 2. The van der Waals surface area contributed by atoms with Crippen molar-refractivity contribution in [2.45, 2.75) is 19.9 Å². The maximum Gasteiger partial charge on any atom is 0.257 e. The lowest BCUT2D eigenvalue weighted by Gasteiger charge is -2.17. The molecular weight excluding hydrogens is 478 g/mol. The van der Waals surface area contributed by atoms with Crippen molar-refractivity contribution in [3.8, 4) is 17.2 Å². The Morgan fingerprint density at radius 1 is 0.921 bits per heavy atom. The number of hydrogen-bond donors (Lipinski definition) is 2. The van der Waals surface area contributed by atoms with Gasteiger partial charge in [0.05, 0.1) is 42.7 Å². The van der Waals surface area contributed by atoms with Crippen molar-refractivity contribution in [2.24, 2.45) is 0 Å². The quantitative estimate of drug-likeness (QED) is 0.261. The van der Waals surface area contributed by atoms with Gasteiger partial charge in [0.15, 0.2) is 11.5 Å². The third-order valence-corrected chi connectivity index (χ3v) is 6.35. The first-order chi connectivity index (χ1) is 18.4. The predicted molar refractivity (Wildman–Crippen MR) is 150 cm³/mol. The smallest absolute Gasteiger partial charge is 0.257 e. The largest absolute Gasteiger partial charge is 0.493 e. The number of benzene rings is 2. The molecule has 1 atom stereocenters. The van der Waals surface area contributed by atoms with Crippen molar-refractivity contribution in [3.63, 3.8) is 0 Å². The molecule has 8 nitrogen and oxygen atoms in total. The second-order valence-electron chi connectivity index (χ2n) is 9.05. The monoisotopic (exact) mass is 507 g/mol. The summed E-state index contributed by atoms with van der Waals surface area (Å²) in [5, 5.41) is 6.50. The Bertz CT molecular complexity index is 1610. The Morgan fingerprint density at radius 3 is 2.55 bits per heavy atom. The summed E-state index contributed by atoms with van der Waals surface area (Å²) in [5.74, 6) is 1.15. The SMILES string of the molecule is COc1ccc(-n2ccc3ncc(NC(C)c4cccc(NC(=O)c5cncc(C)c5)c4)cc32)cc1OC. The fraction of sp³-hybridized carbons (Fsp3) is 0.167. The maximum absolute atomic E-state index is 12.7. The Hall–Kier alpha value is -4.85. The average molecular weight is 508 g/mol. The number of methoxy groups -OCH3 is 2. The van der Waals surface area contributed by atoms with Crippen LogP contribution in [0.5, 0.6) is 11.5 Å². The van der Waals surface area contributed by atoms with Gasteiger partial charge < -0.3 is 24.7 Å². The third-order valence-electron chi connectivity index (χ3n) is 6.35. The highest BCUT2D eigenvalue weighted by atomic mass is 16.5. The lowest BCUT2D eigenvalue weighted by atomic mass is 10.1. The van der Waals surface area contributed by atoms with E-state index in [9.17, 15) is 4.79 Å². The molecule has 0 radical (unpaired) electrons. The molecule has 3 aromatic heterocycles.